The minimum absolute atomic E-state index is 0.111. The van der Waals surface area contributed by atoms with Crippen molar-refractivity contribution in [2.45, 2.75) is 19.4 Å². The number of para-hydroxylation sites is 1. The molecule has 0 fully saturated rings. The normalized spacial score (nSPS) is 13.4. The molecule has 24 heavy (non-hydrogen) atoms. The maximum atomic E-state index is 12.4. The van der Waals surface area contributed by atoms with Crippen molar-refractivity contribution >= 4 is 11.6 Å². The molecule has 1 aromatic carbocycles. The quantitative estimate of drug-likeness (QED) is 0.821. The van der Waals surface area contributed by atoms with Crippen LogP contribution in [0.2, 0.25) is 0 Å². The summed E-state index contributed by atoms with van der Waals surface area (Å²) in [6.07, 6.45) is 1.69. The molecule has 1 amide bonds. The SMILES string of the molecule is CN(CCCNC(=O)c1nn(C)c2c1COCC2)c1ccccc1. The van der Waals surface area contributed by atoms with E-state index in [0.29, 0.717) is 25.5 Å². The molecule has 2 aromatic rings. The van der Waals surface area contributed by atoms with Crippen LogP contribution < -0.4 is 10.2 Å². The highest BCUT2D eigenvalue weighted by atomic mass is 16.5. The molecular formula is C18H24N4O2. The Kier molecular flexibility index (Phi) is 5.15. The third kappa shape index (κ3) is 3.59. The van der Waals surface area contributed by atoms with E-state index in [1.165, 1.54) is 5.69 Å². The number of anilines is 1. The Morgan fingerprint density at radius 3 is 2.96 bits per heavy atom. The van der Waals surface area contributed by atoms with Crippen molar-refractivity contribution in [1.29, 1.82) is 0 Å². The van der Waals surface area contributed by atoms with Crippen LogP contribution in [-0.2, 0) is 24.8 Å². The van der Waals surface area contributed by atoms with Crippen LogP contribution in [0, 0.1) is 0 Å². The largest absolute Gasteiger partial charge is 0.376 e. The number of carbonyl (C=O) groups is 1. The number of hydrogen-bond acceptors (Lipinski definition) is 4. The van der Waals surface area contributed by atoms with Gasteiger partial charge in [-0.1, -0.05) is 18.2 Å². The summed E-state index contributed by atoms with van der Waals surface area (Å²) in [6, 6.07) is 10.2. The zero-order valence-electron chi connectivity index (χ0n) is 14.3. The molecule has 2 heterocycles. The van der Waals surface area contributed by atoms with Gasteiger partial charge in [-0.25, -0.2) is 0 Å². The topological polar surface area (TPSA) is 59.4 Å². The van der Waals surface area contributed by atoms with E-state index in [0.717, 1.165) is 30.6 Å². The average Bonchev–Trinajstić information content (AvgIpc) is 2.96. The second-order valence-corrected chi connectivity index (χ2v) is 6.07. The first kappa shape index (κ1) is 16.5. The zero-order valence-corrected chi connectivity index (χ0v) is 14.3. The molecule has 0 radical (unpaired) electrons. The molecule has 0 spiro atoms. The van der Waals surface area contributed by atoms with Gasteiger partial charge >= 0.3 is 0 Å². The third-order valence-electron chi connectivity index (χ3n) is 4.37. The highest BCUT2D eigenvalue weighted by Gasteiger charge is 2.23. The predicted molar refractivity (Wildman–Crippen MR) is 93.2 cm³/mol. The summed E-state index contributed by atoms with van der Waals surface area (Å²) in [5.74, 6) is -0.111. The Balaban J connectivity index is 1.50. The molecule has 1 aromatic heterocycles. The van der Waals surface area contributed by atoms with E-state index in [1.807, 2.05) is 25.2 Å². The lowest BCUT2D eigenvalue weighted by molar-refractivity contribution is 0.0925. The molecular weight excluding hydrogens is 304 g/mol. The van der Waals surface area contributed by atoms with Crippen molar-refractivity contribution in [3.8, 4) is 0 Å². The van der Waals surface area contributed by atoms with Crippen LogP contribution in [0.25, 0.3) is 0 Å². The van der Waals surface area contributed by atoms with E-state index < -0.39 is 0 Å². The summed E-state index contributed by atoms with van der Waals surface area (Å²) >= 11 is 0. The molecule has 0 saturated heterocycles. The van der Waals surface area contributed by atoms with E-state index in [4.69, 9.17) is 4.74 Å². The molecule has 6 heteroatoms. The first-order valence-corrected chi connectivity index (χ1v) is 8.33. The average molecular weight is 328 g/mol. The number of amides is 1. The lowest BCUT2D eigenvalue weighted by Gasteiger charge is -2.19. The minimum atomic E-state index is -0.111. The highest BCUT2D eigenvalue weighted by Crippen LogP contribution is 2.20. The van der Waals surface area contributed by atoms with Gasteiger partial charge < -0.3 is 15.0 Å². The van der Waals surface area contributed by atoms with Gasteiger partial charge in [0.25, 0.3) is 5.91 Å². The first-order chi connectivity index (χ1) is 11.7. The van der Waals surface area contributed by atoms with Crippen molar-refractivity contribution in [2.75, 3.05) is 31.6 Å². The van der Waals surface area contributed by atoms with E-state index in [9.17, 15) is 4.79 Å². The molecule has 1 aliphatic rings. The number of nitrogens with one attached hydrogen (secondary N) is 1. The van der Waals surface area contributed by atoms with E-state index in [2.05, 4.69) is 34.5 Å². The van der Waals surface area contributed by atoms with Crippen molar-refractivity contribution in [2.24, 2.45) is 7.05 Å². The molecule has 0 bridgehead atoms. The van der Waals surface area contributed by atoms with Gasteiger partial charge in [-0.05, 0) is 18.6 Å². The van der Waals surface area contributed by atoms with Gasteiger partial charge in [0.15, 0.2) is 5.69 Å². The number of fused-ring (bicyclic) bond motifs is 1. The standard InChI is InChI=1S/C18H24N4O2/c1-21(14-7-4-3-5-8-14)11-6-10-19-18(23)17-15-13-24-12-9-16(15)22(2)20-17/h3-5,7-8H,6,9-13H2,1-2H3,(H,19,23). The van der Waals surface area contributed by atoms with E-state index in [-0.39, 0.29) is 5.91 Å². The Morgan fingerprint density at radius 1 is 1.38 bits per heavy atom. The lowest BCUT2D eigenvalue weighted by atomic mass is 10.1. The third-order valence-corrected chi connectivity index (χ3v) is 4.37. The molecule has 128 valence electrons. The summed E-state index contributed by atoms with van der Waals surface area (Å²) in [7, 11) is 3.94. The summed E-state index contributed by atoms with van der Waals surface area (Å²) in [5, 5.41) is 7.34. The second kappa shape index (κ2) is 7.49. The second-order valence-electron chi connectivity index (χ2n) is 6.07. The maximum absolute atomic E-state index is 12.4. The van der Waals surface area contributed by atoms with Crippen molar-refractivity contribution in [1.82, 2.24) is 15.1 Å². The number of hydrogen-bond donors (Lipinski definition) is 1. The van der Waals surface area contributed by atoms with Gasteiger partial charge in [-0.3, -0.25) is 9.48 Å². The van der Waals surface area contributed by atoms with E-state index >= 15 is 0 Å². The summed E-state index contributed by atoms with van der Waals surface area (Å²) in [6.45, 7) is 2.68. The molecule has 0 unspecified atom stereocenters. The Bertz CT molecular complexity index is 697. The van der Waals surface area contributed by atoms with Gasteiger partial charge in [0, 0.05) is 50.6 Å². The fourth-order valence-corrected chi connectivity index (χ4v) is 3.01. The van der Waals surface area contributed by atoms with Crippen molar-refractivity contribution in [3.05, 3.63) is 47.3 Å². The summed E-state index contributed by atoms with van der Waals surface area (Å²) in [5.41, 5.74) is 3.72. The highest BCUT2D eigenvalue weighted by molar-refractivity contribution is 5.94. The predicted octanol–water partition coefficient (Wildman–Crippen LogP) is 1.75. The lowest BCUT2D eigenvalue weighted by Crippen LogP contribution is -2.29. The number of benzene rings is 1. The maximum Gasteiger partial charge on any atom is 0.272 e. The number of rotatable bonds is 6. The minimum Gasteiger partial charge on any atom is -0.376 e. The van der Waals surface area contributed by atoms with Gasteiger partial charge in [-0.15, -0.1) is 0 Å². The number of nitrogens with zero attached hydrogens (tertiary/aromatic N) is 3. The van der Waals surface area contributed by atoms with Gasteiger partial charge in [0.2, 0.25) is 0 Å². The van der Waals surface area contributed by atoms with Gasteiger partial charge in [0.05, 0.1) is 13.2 Å². The van der Waals surface area contributed by atoms with E-state index in [1.54, 1.807) is 4.68 Å². The molecule has 0 saturated carbocycles. The van der Waals surface area contributed by atoms with Crippen LogP contribution in [0.1, 0.15) is 28.2 Å². The van der Waals surface area contributed by atoms with Crippen LogP contribution in [0.15, 0.2) is 30.3 Å². The van der Waals surface area contributed by atoms with Crippen LogP contribution in [-0.4, -0.2) is 42.4 Å². The van der Waals surface area contributed by atoms with Crippen LogP contribution in [0.3, 0.4) is 0 Å². The molecule has 1 aliphatic heterocycles. The fraction of sp³-hybridized carbons (Fsp3) is 0.444. The number of carbonyl (C=O) groups excluding carboxylic acids is 1. The van der Waals surface area contributed by atoms with Crippen LogP contribution in [0.5, 0.6) is 0 Å². The Labute approximate surface area is 142 Å². The molecule has 0 atom stereocenters. The van der Waals surface area contributed by atoms with Crippen LogP contribution in [0.4, 0.5) is 5.69 Å². The number of aryl methyl sites for hydroxylation is 1. The van der Waals surface area contributed by atoms with Gasteiger partial charge in [-0.2, -0.15) is 5.10 Å². The fourth-order valence-electron chi connectivity index (χ4n) is 3.01. The monoisotopic (exact) mass is 328 g/mol. The Hall–Kier alpha value is -2.34. The van der Waals surface area contributed by atoms with Gasteiger partial charge in [0.1, 0.15) is 0 Å². The summed E-state index contributed by atoms with van der Waals surface area (Å²) < 4.78 is 7.27. The van der Waals surface area contributed by atoms with Crippen LogP contribution >= 0.6 is 0 Å². The molecule has 0 aliphatic carbocycles. The molecule has 1 N–H and O–H groups in total. The number of ether oxygens (including phenoxy) is 1. The molecule has 6 nitrogen and oxygen atoms in total. The zero-order chi connectivity index (χ0) is 16.9. The smallest absolute Gasteiger partial charge is 0.272 e. The van der Waals surface area contributed by atoms with Crippen molar-refractivity contribution < 1.29 is 9.53 Å². The molecule has 3 rings (SSSR count). The number of aromatic nitrogens is 2. The van der Waals surface area contributed by atoms with Crippen molar-refractivity contribution in [3.63, 3.8) is 0 Å². The first-order valence-electron chi connectivity index (χ1n) is 8.33. The Morgan fingerprint density at radius 2 is 2.17 bits per heavy atom. The summed E-state index contributed by atoms with van der Waals surface area (Å²) in [4.78, 5) is 14.6.